The third-order valence-corrected chi connectivity index (χ3v) is 19.5. The third-order valence-electron chi connectivity index (χ3n) is 17.5. The number of carbonyl (C=O) groups is 2. The van der Waals surface area contributed by atoms with Gasteiger partial charge in [0.15, 0.2) is 0 Å². The van der Waals surface area contributed by atoms with E-state index in [4.69, 9.17) is 53.5 Å². The number of aliphatic hydroxyl groups is 1. The molecule has 1 unspecified atom stereocenters. The largest absolute Gasteiger partial charge is 0.497 e. The molecule has 0 aliphatic carbocycles. The summed E-state index contributed by atoms with van der Waals surface area (Å²) in [4.78, 5) is 81.6. The highest BCUT2D eigenvalue weighted by atomic mass is 31.2. The summed E-state index contributed by atoms with van der Waals surface area (Å²) in [6.45, 7) is 15.6. The van der Waals surface area contributed by atoms with Crippen molar-refractivity contribution in [1.82, 2.24) is 22.9 Å². The summed E-state index contributed by atoms with van der Waals surface area (Å²) in [5.74, 6) is 1.31. The summed E-state index contributed by atoms with van der Waals surface area (Å²) in [5.41, 5.74) is 0.132. The molecular formula is C83H89N6O17P. The van der Waals surface area contributed by atoms with Gasteiger partial charge in [0.05, 0.1) is 81.2 Å². The van der Waals surface area contributed by atoms with Crippen LogP contribution in [0.15, 0.2) is 262 Å². The van der Waals surface area contributed by atoms with Crippen LogP contribution in [0.5, 0.6) is 23.0 Å². The summed E-state index contributed by atoms with van der Waals surface area (Å²) in [7, 11) is 4.81. The molecule has 3 atom stereocenters. The monoisotopic (exact) mass is 1470 g/mol. The lowest BCUT2D eigenvalue weighted by Gasteiger charge is -2.38. The Kier molecular flexibility index (Phi) is 29.7. The van der Waals surface area contributed by atoms with Gasteiger partial charge < -0.3 is 56.9 Å². The predicted octanol–water partition coefficient (Wildman–Crippen LogP) is 11.5. The number of rotatable bonds is 36. The fourth-order valence-corrected chi connectivity index (χ4v) is 13.8. The second-order valence-electron chi connectivity index (χ2n) is 24.9. The minimum Gasteiger partial charge on any atom is -0.497 e. The maximum Gasteiger partial charge on any atom is 0.338 e. The zero-order valence-corrected chi connectivity index (χ0v) is 62.0. The topological polar surface area (TPSA) is 242 Å². The predicted molar refractivity (Wildman–Crippen MR) is 408 cm³/mol. The first kappa shape index (κ1) is 80.4. The molecule has 8 aromatic carbocycles. The first-order chi connectivity index (χ1) is 51.9. The molecule has 10 rings (SSSR count). The average Bonchev–Trinajstić information content (AvgIpc) is 0.758. The van der Waals surface area contributed by atoms with Crippen LogP contribution < -0.4 is 41.4 Å². The summed E-state index contributed by atoms with van der Waals surface area (Å²) < 4.78 is 67.0. The maximum atomic E-state index is 13.6. The van der Waals surface area contributed by atoms with E-state index in [2.05, 4.69) is 37.2 Å². The second-order valence-corrected chi connectivity index (χ2v) is 26.3. The van der Waals surface area contributed by atoms with Crippen LogP contribution in [0.1, 0.15) is 81.8 Å². The van der Waals surface area contributed by atoms with E-state index in [1.807, 2.05) is 158 Å². The van der Waals surface area contributed by atoms with Crippen molar-refractivity contribution in [1.29, 1.82) is 0 Å². The Bertz CT molecular complexity index is 4630. The Morgan fingerprint density at radius 1 is 0.439 bits per heavy atom. The number of hydrogen-bond acceptors (Lipinski definition) is 18. The Morgan fingerprint density at radius 2 is 0.766 bits per heavy atom. The Balaban J connectivity index is 0.000000254. The molecule has 1 N–H and O–H groups in total. The molecule has 2 aromatic heterocycles. The van der Waals surface area contributed by atoms with Crippen LogP contribution in [0.3, 0.4) is 0 Å². The van der Waals surface area contributed by atoms with Crippen molar-refractivity contribution >= 4 is 20.3 Å². The van der Waals surface area contributed by atoms with Crippen LogP contribution in [0.4, 0.5) is 0 Å². The molecular weight excluding hydrogens is 1380 g/mol. The Morgan fingerprint density at radius 3 is 1.09 bits per heavy atom. The van der Waals surface area contributed by atoms with E-state index >= 15 is 0 Å². The zero-order valence-electron chi connectivity index (χ0n) is 61.1. The number of aliphatic hydroxyl groups excluding tert-OH is 1. The number of hydrogen-bond donors (Lipinski definition) is 1. The van der Waals surface area contributed by atoms with Gasteiger partial charge in [-0.25, -0.2) is 20.8 Å². The standard InChI is InChI=1S/C46H53N4O9P.C37H36N2O8/c1-34(2)50(35(3)4)60(58-30-27-47-5)59-33-42(56-31-29-48-28-26-43(51)49(45(48)53)44(52)36-14-10-8-11-15-36)32-57-46(37-16-12-9-13-17-37,38-18-22-40(54-6)23-19-38)39-20-24-41(55-7)25-21-39;1-44-31-17-13-29(14-18-31)37(28-11-7-4-8-12-28,30-15-19-32(45-2)20-16-30)47-26-33(25-40)46-24-23-38-22-21-34(41)39(36(38)43)35(42)27-9-5-3-6-10-27/h8-26,28,34-35,42H,27,29-33H2,1-4,6-7H3;3-22,33,40H,23-26H2,1-2H3/t42-,60?;33-/m10/s1. The molecule has 24 heteroatoms. The van der Waals surface area contributed by atoms with Gasteiger partial charge in [0.1, 0.15) is 53.0 Å². The van der Waals surface area contributed by atoms with E-state index in [0.29, 0.717) is 32.1 Å². The van der Waals surface area contributed by atoms with Gasteiger partial charge in [-0.1, -0.05) is 146 Å². The van der Waals surface area contributed by atoms with Crippen LogP contribution in [0.2, 0.25) is 0 Å². The van der Waals surface area contributed by atoms with E-state index in [1.165, 1.54) is 39.7 Å². The van der Waals surface area contributed by atoms with E-state index in [-0.39, 0.29) is 89.1 Å². The van der Waals surface area contributed by atoms with Gasteiger partial charge in [0.2, 0.25) is 6.54 Å². The SMILES string of the molecule is COc1ccc(C(OC[C@H](CO)OCCn2ccc(=O)n(C(=O)c3ccccc3)c2=O)(c2ccccc2)c2ccc(OC)cc2)cc1.[C-]#[N+]CCOP(OC[C@@H](COC(c1ccccc1)(c1ccc(OC)cc1)c1ccc(OC)cc1)OCCn1ccc(=O)n(C(=O)c2ccccc2)c1=O)N(C(C)C)C(C)C. The van der Waals surface area contributed by atoms with Crippen LogP contribution in [-0.4, -0.2) is 145 Å². The normalized spacial score (nSPS) is 12.4. The van der Waals surface area contributed by atoms with Crippen molar-refractivity contribution in [3.8, 4) is 23.0 Å². The maximum absolute atomic E-state index is 13.6. The smallest absolute Gasteiger partial charge is 0.338 e. The second kappa shape index (κ2) is 39.6. The lowest BCUT2D eigenvalue weighted by Crippen LogP contribution is -2.43. The van der Waals surface area contributed by atoms with Crippen LogP contribution >= 0.6 is 8.53 Å². The lowest BCUT2D eigenvalue weighted by atomic mass is 9.80. The summed E-state index contributed by atoms with van der Waals surface area (Å²) in [6.07, 6.45) is 1.17. The number of carbonyl (C=O) groups excluding carboxylic acids is 2. The average molecular weight is 1470 g/mol. The van der Waals surface area contributed by atoms with Crippen molar-refractivity contribution in [3.05, 3.63) is 341 Å². The van der Waals surface area contributed by atoms with E-state index in [9.17, 15) is 33.9 Å². The van der Waals surface area contributed by atoms with Gasteiger partial charge in [-0.15, -0.1) is 0 Å². The van der Waals surface area contributed by atoms with Crippen molar-refractivity contribution in [2.24, 2.45) is 0 Å². The molecule has 23 nitrogen and oxygen atoms in total. The van der Waals surface area contributed by atoms with Crippen LogP contribution in [0, 0.1) is 6.57 Å². The Labute approximate surface area is 623 Å². The van der Waals surface area contributed by atoms with Crippen LogP contribution in [-0.2, 0) is 52.3 Å². The molecule has 558 valence electrons. The van der Waals surface area contributed by atoms with Gasteiger partial charge in [0, 0.05) is 47.7 Å². The van der Waals surface area contributed by atoms with Crippen LogP contribution in [0.25, 0.3) is 4.85 Å². The van der Waals surface area contributed by atoms with Crippen molar-refractivity contribution in [2.45, 2.75) is 76.3 Å². The fourth-order valence-electron chi connectivity index (χ4n) is 12.1. The highest BCUT2D eigenvalue weighted by Crippen LogP contribution is 2.47. The first-order valence-corrected chi connectivity index (χ1v) is 35.9. The molecule has 0 fully saturated rings. The molecule has 0 amide bonds. The van der Waals surface area contributed by atoms with Gasteiger partial charge in [-0.05, 0) is 134 Å². The third kappa shape index (κ3) is 20.1. The molecule has 10 aromatic rings. The molecule has 107 heavy (non-hydrogen) atoms. The minimum absolute atomic E-state index is 0.00241. The van der Waals surface area contributed by atoms with Gasteiger partial charge in [0.25, 0.3) is 31.5 Å². The fraction of sp³-hybridized carbons (Fsp3) is 0.289. The zero-order chi connectivity index (χ0) is 76.3. The van der Waals surface area contributed by atoms with Crippen molar-refractivity contribution in [3.63, 3.8) is 0 Å². The molecule has 0 bridgehead atoms. The minimum atomic E-state index is -1.63. The molecule has 0 saturated carbocycles. The van der Waals surface area contributed by atoms with Crippen molar-refractivity contribution in [2.75, 3.05) is 81.2 Å². The lowest BCUT2D eigenvalue weighted by molar-refractivity contribution is -0.0822. The number of aromatic nitrogens is 4. The molecule has 2 heterocycles. The van der Waals surface area contributed by atoms with Gasteiger partial charge >= 0.3 is 11.4 Å². The van der Waals surface area contributed by atoms with E-state index < -0.39 is 66.2 Å². The molecule has 0 spiro atoms. The van der Waals surface area contributed by atoms with E-state index in [1.54, 1.807) is 77.0 Å². The summed E-state index contributed by atoms with van der Waals surface area (Å²) in [6, 6.07) is 68.9. The first-order valence-electron chi connectivity index (χ1n) is 34.8. The number of nitrogens with zero attached hydrogens (tertiary/aromatic N) is 6. The van der Waals surface area contributed by atoms with Gasteiger partial charge in [-0.2, -0.15) is 9.13 Å². The van der Waals surface area contributed by atoms with E-state index in [0.717, 1.165) is 39.4 Å². The number of ether oxygens (including phenoxy) is 8. The van der Waals surface area contributed by atoms with Gasteiger partial charge in [-0.3, -0.25) is 28.3 Å². The summed E-state index contributed by atoms with van der Waals surface area (Å²) in [5, 5.41) is 10.3. The molecule has 0 aliphatic heterocycles. The Hall–Kier alpha value is -10.7. The van der Waals surface area contributed by atoms with Crippen molar-refractivity contribution < 1.29 is 61.6 Å². The highest BCUT2D eigenvalue weighted by molar-refractivity contribution is 7.44. The molecule has 0 radical (unpaired) electrons. The summed E-state index contributed by atoms with van der Waals surface area (Å²) >= 11 is 0. The number of benzene rings is 8. The quantitative estimate of drug-likeness (QED) is 0.0166. The highest BCUT2D eigenvalue weighted by Gasteiger charge is 2.41. The molecule has 0 saturated heterocycles. The number of methoxy groups -OCH3 is 4. The molecule has 0 aliphatic rings.